The molecule has 1 N–H and O–H groups in total. The van der Waals surface area contributed by atoms with E-state index in [-0.39, 0.29) is 5.83 Å². The summed E-state index contributed by atoms with van der Waals surface area (Å²) >= 11 is 0. The van der Waals surface area contributed by atoms with Gasteiger partial charge in [0.05, 0.1) is 17.0 Å². The molecule has 0 radical (unpaired) electrons. The third-order valence-corrected chi connectivity index (χ3v) is 4.36. The number of hydrogen-bond donors (Lipinski definition) is 1. The lowest BCUT2D eigenvalue weighted by Crippen LogP contribution is -2.43. The van der Waals surface area contributed by atoms with Gasteiger partial charge in [-0.15, -0.1) is 0 Å². The van der Waals surface area contributed by atoms with Crippen molar-refractivity contribution in [2.45, 2.75) is 13.8 Å². The second-order valence-corrected chi connectivity index (χ2v) is 6.31. The normalized spacial score (nSPS) is 16.0. The second kappa shape index (κ2) is 8.15. The minimum Gasteiger partial charge on any atom is -0.456 e. The number of nitrogens with zero attached hydrogens (tertiary/aromatic N) is 2. The van der Waals surface area contributed by atoms with Crippen LogP contribution in [0.3, 0.4) is 0 Å². The van der Waals surface area contributed by atoms with Crippen LogP contribution in [-0.4, -0.2) is 31.2 Å². The van der Waals surface area contributed by atoms with Crippen molar-refractivity contribution >= 4 is 16.6 Å². The molecule has 1 aliphatic heterocycles. The molecule has 0 saturated carbocycles. The van der Waals surface area contributed by atoms with Gasteiger partial charge in [-0.1, -0.05) is 12.6 Å². The number of piperazine rings is 1. The first-order valence-electron chi connectivity index (χ1n) is 8.78. The van der Waals surface area contributed by atoms with Crippen molar-refractivity contribution in [3.8, 4) is 5.75 Å². The van der Waals surface area contributed by atoms with E-state index in [1.54, 1.807) is 12.2 Å². The van der Waals surface area contributed by atoms with Crippen LogP contribution >= 0.6 is 0 Å². The molecule has 4 nitrogen and oxygen atoms in total. The summed E-state index contributed by atoms with van der Waals surface area (Å²) in [6.07, 6.45) is 6.34. The van der Waals surface area contributed by atoms with Gasteiger partial charge >= 0.3 is 0 Å². The second-order valence-electron chi connectivity index (χ2n) is 6.31. The Morgan fingerprint density at radius 2 is 2.08 bits per heavy atom. The van der Waals surface area contributed by atoms with Crippen molar-refractivity contribution < 1.29 is 9.13 Å². The molecular formula is C21H24FN3O. The largest absolute Gasteiger partial charge is 0.456 e. The van der Waals surface area contributed by atoms with E-state index in [0.717, 1.165) is 54.1 Å². The van der Waals surface area contributed by atoms with Gasteiger partial charge in [0, 0.05) is 43.3 Å². The number of fused-ring (bicyclic) bond motifs is 1. The molecule has 0 atom stereocenters. The average molecular weight is 353 g/mol. The van der Waals surface area contributed by atoms with E-state index < -0.39 is 0 Å². The molecule has 1 aromatic heterocycles. The first kappa shape index (κ1) is 18.1. The van der Waals surface area contributed by atoms with E-state index in [2.05, 4.69) is 27.8 Å². The number of pyridine rings is 1. The Hall–Kier alpha value is -2.66. The lowest BCUT2D eigenvalue weighted by Gasteiger charge is -2.30. The maximum atomic E-state index is 13.0. The highest BCUT2D eigenvalue weighted by Gasteiger charge is 2.17. The quantitative estimate of drug-likeness (QED) is 0.643. The molecular weight excluding hydrogens is 329 g/mol. The highest BCUT2D eigenvalue weighted by molar-refractivity contribution is 5.95. The molecule has 1 aromatic carbocycles. The molecule has 1 fully saturated rings. The Bertz CT molecular complexity index is 863. The van der Waals surface area contributed by atoms with Crippen molar-refractivity contribution in [2.24, 2.45) is 0 Å². The zero-order chi connectivity index (χ0) is 18.5. The number of allylic oxidation sites excluding steroid dienone is 4. The summed E-state index contributed by atoms with van der Waals surface area (Å²) in [5, 5.41) is 4.31. The average Bonchev–Trinajstić information content (AvgIpc) is 2.66. The van der Waals surface area contributed by atoms with Gasteiger partial charge in [-0.25, -0.2) is 4.39 Å². The van der Waals surface area contributed by atoms with Gasteiger partial charge < -0.3 is 15.0 Å². The maximum Gasteiger partial charge on any atom is 0.141 e. The molecule has 26 heavy (non-hydrogen) atoms. The molecule has 2 aromatic rings. The lowest BCUT2D eigenvalue weighted by molar-refractivity contribution is 0.446. The number of anilines is 1. The molecule has 0 spiro atoms. The van der Waals surface area contributed by atoms with Crippen molar-refractivity contribution in [1.82, 2.24) is 10.3 Å². The summed E-state index contributed by atoms with van der Waals surface area (Å²) in [6, 6.07) is 6.13. The standard InChI is InChI=1S/C21H24FN3O/c1-4-17(9-8-16(3)22)26-21-15(2)14-24-20-18(21)6-5-7-19(20)25-12-10-23-11-13-25/h4-9,14,23H,1,10-13H2,2-3H3/b16-8-,17-9+. The predicted octanol–water partition coefficient (Wildman–Crippen LogP) is 4.27. The van der Waals surface area contributed by atoms with Crippen LogP contribution in [0.5, 0.6) is 5.75 Å². The van der Waals surface area contributed by atoms with Gasteiger partial charge in [-0.3, -0.25) is 4.98 Å². The number of nitrogens with one attached hydrogen (secondary N) is 1. The van der Waals surface area contributed by atoms with Crippen molar-refractivity contribution in [3.63, 3.8) is 0 Å². The fourth-order valence-corrected chi connectivity index (χ4v) is 3.04. The van der Waals surface area contributed by atoms with Crippen LogP contribution in [-0.2, 0) is 0 Å². The maximum absolute atomic E-state index is 13.0. The smallest absolute Gasteiger partial charge is 0.141 e. The number of hydrogen-bond acceptors (Lipinski definition) is 4. The Kier molecular flexibility index (Phi) is 5.68. The summed E-state index contributed by atoms with van der Waals surface area (Å²) in [4.78, 5) is 7.00. The van der Waals surface area contributed by atoms with Gasteiger partial charge in [0.2, 0.25) is 0 Å². The zero-order valence-corrected chi connectivity index (χ0v) is 15.3. The van der Waals surface area contributed by atoms with Crippen LogP contribution in [0.25, 0.3) is 10.9 Å². The molecule has 0 bridgehead atoms. The number of aromatic nitrogens is 1. The Morgan fingerprint density at radius 3 is 2.77 bits per heavy atom. The number of rotatable bonds is 5. The summed E-state index contributed by atoms with van der Waals surface area (Å²) in [5.41, 5.74) is 2.94. The molecule has 0 aliphatic carbocycles. The molecule has 0 amide bonds. The number of halogens is 1. The molecule has 2 heterocycles. The van der Waals surface area contributed by atoms with Crippen LogP contribution in [0.15, 0.2) is 60.8 Å². The topological polar surface area (TPSA) is 37.4 Å². The Balaban J connectivity index is 2.05. The first-order valence-corrected chi connectivity index (χ1v) is 8.78. The molecule has 136 valence electrons. The third-order valence-electron chi connectivity index (χ3n) is 4.36. The van der Waals surface area contributed by atoms with Gasteiger partial charge in [0.25, 0.3) is 0 Å². The van der Waals surface area contributed by atoms with E-state index >= 15 is 0 Å². The number of aryl methyl sites for hydroxylation is 1. The summed E-state index contributed by atoms with van der Waals surface area (Å²) < 4.78 is 19.1. The lowest BCUT2D eigenvalue weighted by atomic mass is 10.1. The SMILES string of the molecule is C=C/C(=C\C=C(\C)F)Oc1c(C)cnc2c(N3CCNCC3)cccc12. The van der Waals surface area contributed by atoms with Crippen molar-refractivity contribution in [2.75, 3.05) is 31.1 Å². The van der Waals surface area contributed by atoms with Gasteiger partial charge in [0.1, 0.15) is 11.5 Å². The third kappa shape index (κ3) is 3.94. The molecule has 5 heteroatoms. The zero-order valence-electron chi connectivity index (χ0n) is 15.3. The van der Waals surface area contributed by atoms with Crippen molar-refractivity contribution in [3.05, 3.63) is 66.4 Å². The van der Waals surface area contributed by atoms with Crippen molar-refractivity contribution in [1.29, 1.82) is 0 Å². The van der Waals surface area contributed by atoms with Gasteiger partial charge in [-0.05, 0) is 44.2 Å². The van der Waals surface area contributed by atoms with Crippen LogP contribution in [0.4, 0.5) is 10.1 Å². The fraction of sp³-hybridized carbons (Fsp3) is 0.286. The Labute approximate surface area is 153 Å². The first-order chi connectivity index (χ1) is 12.6. The number of ether oxygens (including phenoxy) is 1. The van der Waals surface area contributed by atoms with Crippen LogP contribution < -0.4 is 15.0 Å². The molecule has 1 aliphatic rings. The molecule has 3 rings (SSSR count). The van der Waals surface area contributed by atoms with Crippen LogP contribution in [0, 0.1) is 6.92 Å². The molecule has 0 unspecified atom stereocenters. The monoisotopic (exact) mass is 353 g/mol. The van der Waals surface area contributed by atoms with E-state index in [1.807, 2.05) is 25.3 Å². The minimum absolute atomic E-state index is 0.287. The van der Waals surface area contributed by atoms with E-state index in [9.17, 15) is 4.39 Å². The van der Waals surface area contributed by atoms with Crippen LogP contribution in [0.1, 0.15) is 12.5 Å². The predicted molar refractivity (Wildman–Crippen MR) is 105 cm³/mol. The van der Waals surface area contributed by atoms with E-state index in [1.165, 1.54) is 13.0 Å². The number of benzene rings is 1. The summed E-state index contributed by atoms with van der Waals surface area (Å²) in [6.45, 7) is 10.9. The van der Waals surface area contributed by atoms with Crippen LogP contribution in [0.2, 0.25) is 0 Å². The van der Waals surface area contributed by atoms with E-state index in [4.69, 9.17) is 4.74 Å². The number of para-hydroxylation sites is 1. The highest BCUT2D eigenvalue weighted by atomic mass is 19.1. The summed E-state index contributed by atoms with van der Waals surface area (Å²) in [5.74, 6) is 0.929. The van der Waals surface area contributed by atoms with Gasteiger partial charge in [-0.2, -0.15) is 0 Å². The highest BCUT2D eigenvalue weighted by Crippen LogP contribution is 2.34. The van der Waals surface area contributed by atoms with E-state index in [0.29, 0.717) is 5.76 Å². The summed E-state index contributed by atoms with van der Waals surface area (Å²) in [7, 11) is 0. The fourth-order valence-electron chi connectivity index (χ4n) is 3.04. The Morgan fingerprint density at radius 1 is 1.31 bits per heavy atom. The molecule has 1 saturated heterocycles. The van der Waals surface area contributed by atoms with Gasteiger partial charge in [0.15, 0.2) is 0 Å². The minimum atomic E-state index is -0.287.